The van der Waals surface area contributed by atoms with Gasteiger partial charge in [-0.3, -0.25) is 0 Å². The Morgan fingerprint density at radius 1 is 1.00 bits per heavy atom. The van der Waals surface area contributed by atoms with Crippen molar-refractivity contribution in [1.29, 1.82) is 0 Å². The predicted molar refractivity (Wildman–Crippen MR) is 136 cm³/mol. The molecule has 0 spiro atoms. The van der Waals surface area contributed by atoms with Gasteiger partial charge in [-0.05, 0) is 62.2 Å². The van der Waals surface area contributed by atoms with Crippen LogP contribution in [0.5, 0.6) is 0 Å². The number of hydrogen-bond acceptors (Lipinski definition) is 3. The lowest BCUT2D eigenvalue weighted by molar-refractivity contribution is 0.435. The van der Waals surface area contributed by atoms with E-state index in [1.54, 1.807) is 0 Å². The van der Waals surface area contributed by atoms with Gasteiger partial charge < -0.3 is 15.2 Å². The lowest BCUT2D eigenvalue weighted by Gasteiger charge is -2.23. The van der Waals surface area contributed by atoms with E-state index in [9.17, 15) is 0 Å². The summed E-state index contributed by atoms with van der Waals surface area (Å²) in [4.78, 5) is 5.01. The lowest BCUT2D eigenvalue weighted by atomic mass is 9.97. The van der Waals surface area contributed by atoms with Crippen molar-refractivity contribution >= 4 is 34.2 Å². The molecule has 6 heteroatoms. The Labute approximate surface area is 201 Å². The summed E-state index contributed by atoms with van der Waals surface area (Å²) in [5, 5.41) is 8.17. The molecule has 0 bridgehead atoms. The normalized spacial score (nSPS) is 15.0. The van der Waals surface area contributed by atoms with Crippen molar-refractivity contribution in [2.75, 3.05) is 19.6 Å². The first-order chi connectivity index (χ1) is 15.7. The van der Waals surface area contributed by atoms with E-state index in [2.05, 4.69) is 46.4 Å². The summed E-state index contributed by atoms with van der Waals surface area (Å²) >= 11 is 12.7. The molecule has 32 heavy (non-hydrogen) atoms. The average molecular weight is 473 g/mol. The van der Waals surface area contributed by atoms with Crippen LogP contribution in [0.4, 0.5) is 0 Å². The molecular weight excluding hydrogens is 439 g/mol. The van der Waals surface area contributed by atoms with Crippen LogP contribution in [0.1, 0.15) is 68.3 Å². The third-order valence-corrected chi connectivity index (χ3v) is 7.15. The Hall–Kier alpha value is -1.59. The van der Waals surface area contributed by atoms with Crippen molar-refractivity contribution in [2.45, 2.75) is 64.5 Å². The molecule has 2 heterocycles. The molecule has 1 saturated heterocycles. The van der Waals surface area contributed by atoms with Gasteiger partial charge in [0.15, 0.2) is 0 Å². The average Bonchev–Trinajstić information content (AvgIpc) is 3.15. The quantitative estimate of drug-likeness (QED) is 0.329. The molecule has 0 radical (unpaired) electrons. The van der Waals surface area contributed by atoms with Gasteiger partial charge in [-0.1, -0.05) is 73.7 Å². The fourth-order valence-electron chi connectivity index (χ4n) is 4.55. The van der Waals surface area contributed by atoms with Crippen molar-refractivity contribution in [2.24, 2.45) is 0 Å². The molecular formula is C26H34Cl2N4. The first-order valence-corrected chi connectivity index (χ1v) is 12.8. The lowest BCUT2D eigenvalue weighted by Crippen LogP contribution is -2.28. The number of hydrogen-bond donors (Lipinski definition) is 2. The third-order valence-electron chi connectivity index (χ3n) is 6.42. The molecule has 3 aromatic rings. The molecule has 2 N–H and O–H groups in total. The largest absolute Gasteiger partial charge is 0.323 e. The van der Waals surface area contributed by atoms with Gasteiger partial charge in [0.25, 0.3) is 0 Å². The molecule has 0 atom stereocenters. The minimum atomic E-state index is 0.456. The van der Waals surface area contributed by atoms with Crippen molar-refractivity contribution in [3.8, 4) is 0 Å². The Balaban J connectivity index is 1.49. The third kappa shape index (κ3) is 5.85. The summed E-state index contributed by atoms with van der Waals surface area (Å²) in [5.74, 6) is 1.61. The highest BCUT2D eigenvalue weighted by atomic mass is 35.5. The summed E-state index contributed by atoms with van der Waals surface area (Å²) in [6, 6.07) is 12.8. The number of fused-ring (bicyclic) bond motifs is 1. The molecule has 4 rings (SSSR count). The Morgan fingerprint density at radius 2 is 1.72 bits per heavy atom. The zero-order valence-electron chi connectivity index (χ0n) is 19.0. The van der Waals surface area contributed by atoms with E-state index in [0.29, 0.717) is 16.0 Å². The molecule has 1 aliphatic heterocycles. The number of benzene rings is 2. The highest BCUT2D eigenvalue weighted by Gasteiger charge is 2.23. The van der Waals surface area contributed by atoms with Crippen LogP contribution in [0.15, 0.2) is 36.4 Å². The first kappa shape index (κ1) is 23.6. The maximum atomic E-state index is 6.38. The van der Waals surface area contributed by atoms with Gasteiger partial charge in [-0.15, -0.1) is 0 Å². The van der Waals surface area contributed by atoms with Crippen molar-refractivity contribution in [3.63, 3.8) is 0 Å². The maximum Gasteiger partial charge on any atom is 0.113 e. The highest BCUT2D eigenvalue weighted by molar-refractivity contribution is 6.42. The number of aromatic nitrogens is 2. The molecule has 2 aromatic carbocycles. The van der Waals surface area contributed by atoms with Gasteiger partial charge >= 0.3 is 0 Å². The summed E-state index contributed by atoms with van der Waals surface area (Å²) in [6.07, 6.45) is 7.39. The Morgan fingerprint density at radius 3 is 2.47 bits per heavy atom. The number of halogens is 2. The smallest absolute Gasteiger partial charge is 0.113 e. The van der Waals surface area contributed by atoms with Gasteiger partial charge in [-0.2, -0.15) is 0 Å². The van der Waals surface area contributed by atoms with E-state index in [1.165, 1.54) is 36.8 Å². The fourth-order valence-corrected chi connectivity index (χ4v) is 4.87. The van der Waals surface area contributed by atoms with Crippen LogP contribution in [-0.4, -0.2) is 29.2 Å². The number of nitrogens with zero attached hydrogens (tertiary/aromatic N) is 2. The summed E-state index contributed by atoms with van der Waals surface area (Å²) in [5.41, 5.74) is 4.59. The van der Waals surface area contributed by atoms with Gasteiger partial charge in [0.1, 0.15) is 5.82 Å². The van der Waals surface area contributed by atoms with Gasteiger partial charge in [0.2, 0.25) is 0 Å². The zero-order chi connectivity index (χ0) is 22.3. The van der Waals surface area contributed by atoms with Crippen LogP contribution in [-0.2, 0) is 13.1 Å². The maximum absolute atomic E-state index is 6.38. The number of nitrogens with one attached hydrogen (secondary N) is 2. The summed E-state index contributed by atoms with van der Waals surface area (Å²) in [7, 11) is 0. The van der Waals surface area contributed by atoms with E-state index in [4.69, 9.17) is 28.2 Å². The van der Waals surface area contributed by atoms with Crippen molar-refractivity contribution in [1.82, 2.24) is 20.2 Å². The Bertz CT molecular complexity index is 1010. The van der Waals surface area contributed by atoms with E-state index in [1.807, 2.05) is 12.1 Å². The van der Waals surface area contributed by atoms with Crippen LogP contribution >= 0.6 is 23.2 Å². The van der Waals surface area contributed by atoms with Crippen LogP contribution in [0, 0.1) is 0 Å². The van der Waals surface area contributed by atoms with E-state index < -0.39 is 0 Å². The van der Waals surface area contributed by atoms with Crippen LogP contribution in [0.25, 0.3) is 11.0 Å². The standard InChI is InChI=1S/C26H34Cl2N4/c1-2-3-4-5-12-30-17-19-6-8-20(9-7-19)18-32-25-16-23(28)22(27)15-24(25)31-26(32)21-10-13-29-14-11-21/h6-9,15-16,21,29-30H,2-5,10-14,17-18H2,1H3. The first-order valence-electron chi connectivity index (χ1n) is 12.0. The molecule has 0 saturated carbocycles. The second-order valence-corrected chi connectivity index (χ2v) is 9.70. The van der Waals surface area contributed by atoms with E-state index in [0.717, 1.165) is 62.4 Å². The number of unbranched alkanes of at least 4 members (excludes halogenated alkanes) is 3. The molecule has 1 aliphatic rings. The molecule has 0 aliphatic carbocycles. The van der Waals surface area contributed by atoms with E-state index in [-0.39, 0.29) is 0 Å². The number of rotatable bonds is 10. The molecule has 0 unspecified atom stereocenters. The summed E-state index contributed by atoms with van der Waals surface area (Å²) < 4.78 is 2.34. The molecule has 0 amide bonds. The number of piperidine rings is 1. The van der Waals surface area contributed by atoms with Crippen molar-refractivity contribution in [3.05, 3.63) is 63.4 Å². The molecule has 172 valence electrons. The minimum Gasteiger partial charge on any atom is -0.323 e. The van der Waals surface area contributed by atoms with Crippen molar-refractivity contribution < 1.29 is 0 Å². The highest BCUT2D eigenvalue weighted by Crippen LogP contribution is 2.33. The second kappa shape index (κ2) is 11.5. The monoisotopic (exact) mass is 472 g/mol. The van der Waals surface area contributed by atoms with Gasteiger partial charge in [0, 0.05) is 19.0 Å². The van der Waals surface area contributed by atoms with Crippen LogP contribution < -0.4 is 10.6 Å². The topological polar surface area (TPSA) is 41.9 Å². The zero-order valence-corrected chi connectivity index (χ0v) is 20.5. The molecule has 4 nitrogen and oxygen atoms in total. The van der Waals surface area contributed by atoms with E-state index >= 15 is 0 Å². The van der Waals surface area contributed by atoms with Crippen LogP contribution in [0.2, 0.25) is 10.0 Å². The number of imidazole rings is 1. The Kier molecular flexibility index (Phi) is 8.48. The molecule has 1 fully saturated rings. The fraction of sp³-hybridized carbons (Fsp3) is 0.500. The minimum absolute atomic E-state index is 0.456. The molecule has 1 aromatic heterocycles. The van der Waals surface area contributed by atoms with Crippen LogP contribution in [0.3, 0.4) is 0 Å². The second-order valence-electron chi connectivity index (χ2n) is 8.89. The summed E-state index contributed by atoms with van der Waals surface area (Å²) in [6.45, 7) is 7.13. The van der Waals surface area contributed by atoms with Gasteiger partial charge in [-0.25, -0.2) is 4.98 Å². The predicted octanol–water partition coefficient (Wildman–Crippen LogP) is 6.53. The SMILES string of the molecule is CCCCCCNCc1ccc(Cn2c(C3CCNCC3)nc3cc(Cl)c(Cl)cc32)cc1. The van der Waals surface area contributed by atoms with Gasteiger partial charge in [0.05, 0.1) is 21.1 Å².